The second-order valence-corrected chi connectivity index (χ2v) is 6.76. The lowest BCUT2D eigenvalue weighted by Gasteiger charge is -2.30. The maximum absolute atomic E-state index is 12.8. The van der Waals surface area contributed by atoms with Gasteiger partial charge in [-0.2, -0.15) is 0 Å². The Morgan fingerprint density at radius 3 is 2.52 bits per heavy atom. The van der Waals surface area contributed by atoms with Crippen LogP contribution in [-0.2, 0) is 0 Å². The molecule has 2 aliphatic carbocycles. The van der Waals surface area contributed by atoms with E-state index >= 15 is 0 Å². The van der Waals surface area contributed by atoms with Crippen LogP contribution in [0.4, 0.5) is 5.69 Å². The maximum atomic E-state index is 12.8. The molecule has 2 fully saturated rings. The van der Waals surface area contributed by atoms with Crippen LogP contribution in [0.2, 0.25) is 0 Å². The van der Waals surface area contributed by atoms with E-state index in [1.165, 1.54) is 44.9 Å². The number of nitrogens with zero attached hydrogens (tertiary/aromatic N) is 1. The fraction of sp³-hybridized carbons (Fsp3) is 0.611. The highest BCUT2D eigenvalue weighted by Gasteiger charge is 2.34. The Balaban J connectivity index is 1.73. The number of hydrogen-bond donors (Lipinski definition) is 1. The van der Waals surface area contributed by atoms with Gasteiger partial charge >= 0.3 is 0 Å². The molecular formula is C18H26N2O. The Morgan fingerprint density at radius 2 is 1.90 bits per heavy atom. The van der Waals surface area contributed by atoms with Crippen molar-refractivity contribution in [2.45, 2.75) is 57.9 Å². The Labute approximate surface area is 127 Å². The van der Waals surface area contributed by atoms with Gasteiger partial charge in [0.1, 0.15) is 0 Å². The molecule has 21 heavy (non-hydrogen) atoms. The number of benzene rings is 1. The zero-order chi connectivity index (χ0) is 14.8. The Kier molecular flexibility index (Phi) is 4.18. The standard InChI is InChI=1S/C18H26N2O/c1-13-7-8-15(11-17(13)19)18(21)20(16-9-10-16)12-14-5-3-2-4-6-14/h7-8,11,14,16H,2-6,9-10,12,19H2,1H3. The van der Waals surface area contributed by atoms with Gasteiger partial charge in [-0.25, -0.2) is 0 Å². The largest absolute Gasteiger partial charge is 0.398 e. The maximum Gasteiger partial charge on any atom is 0.254 e. The Bertz CT molecular complexity index is 516. The second kappa shape index (κ2) is 6.08. The van der Waals surface area contributed by atoms with Gasteiger partial charge < -0.3 is 10.6 Å². The van der Waals surface area contributed by atoms with Crippen LogP contribution in [0.5, 0.6) is 0 Å². The summed E-state index contributed by atoms with van der Waals surface area (Å²) in [6, 6.07) is 6.19. The van der Waals surface area contributed by atoms with Gasteiger partial charge in [0.05, 0.1) is 0 Å². The van der Waals surface area contributed by atoms with Crippen LogP contribution in [0.1, 0.15) is 60.9 Å². The summed E-state index contributed by atoms with van der Waals surface area (Å²) in [7, 11) is 0. The van der Waals surface area contributed by atoms with E-state index < -0.39 is 0 Å². The zero-order valence-electron chi connectivity index (χ0n) is 13.0. The summed E-state index contributed by atoms with van der Waals surface area (Å²) in [5.74, 6) is 0.876. The van der Waals surface area contributed by atoms with E-state index in [0.717, 1.165) is 17.7 Å². The van der Waals surface area contributed by atoms with E-state index in [1.54, 1.807) is 0 Å². The lowest BCUT2D eigenvalue weighted by Crippen LogP contribution is -2.37. The van der Waals surface area contributed by atoms with Crippen molar-refractivity contribution in [3.63, 3.8) is 0 Å². The van der Waals surface area contributed by atoms with Crippen molar-refractivity contribution in [2.24, 2.45) is 5.92 Å². The minimum absolute atomic E-state index is 0.176. The van der Waals surface area contributed by atoms with Gasteiger partial charge in [0.25, 0.3) is 5.91 Å². The molecule has 2 saturated carbocycles. The van der Waals surface area contributed by atoms with E-state index in [-0.39, 0.29) is 5.91 Å². The highest BCUT2D eigenvalue weighted by atomic mass is 16.2. The molecule has 0 aliphatic heterocycles. The molecule has 0 spiro atoms. The van der Waals surface area contributed by atoms with Crippen molar-refractivity contribution in [3.8, 4) is 0 Å². The first kappa shape index (κ1) is 14.4. The van der Waals surface area contributed by atoms with E-state index in [2.05, 4.69) is 4.90 Å². The molecule has 114 valence electrons. The SMILES string of the molecule is Cc1ccc(C(=O)N(CC2CCCCC2)C2CC2)cc1N. The first-order chi connectivity index (χ1) is 10.1. The predicted octanol–water partition coefficient (Wildman–Crippen LogP) is 3.76. The van der Waals surface area contributed by atoms with E-state index in [4.69, 9.17) is 5.73 Å². The van der Waals surface area contributed by atoms with Gasteiger partial charge in [-0.05, 0) is 56.2 Å². The summed E-state index contributed by atoms with van der Waals surface area (Å²) in [5, 5.41) is 0. The van der Waals surface area contributed by atoms with Crippen molar-refractivity contribution < 1.29 is 4.79 Å². The van der Waals surface area contributed by atoms with Crippen LogP contribution in [0.15, 0.2) is 18.2 Å². The predicted molar refractivity (Wildman–Crippen MR) is 86.2 cm³/mol. The third kappa shape index (κ3) is 3.39. The molecule has 0 unspecified atom stereocenters. The summed E-state index contributed by atoms with van der Waals surface area (Å²) in [5.41, 5.74) is 8.47. The molecule has 3 heteroatoms. The lowest BCUT2D eigenvalue weighted by atomic mass is 9.88. The lowest BCUT2D eigenvalue weighted by molar-refractivity contribution is 0.0699. The topological polar surface area (TPSA) is 46.3 Å². The Hall–Kier alpha value is -1.51. The van der Waals surface area contributed by atoms with Crippen LogP contribution >= 0.6 is 0 Å². The molecule has 2 N–H and O–H groups in total. The molecule has 3 nitrogen and oxygen atoms in total. The molecule has 1 aromatic carbocycles. The third-order valence-electron chi connectivity index (χ3n) is 4.95. The first-order valence-electron chi connectivity index (χ1n) is 8.32. The number of nitrogen functional groups attached to an aromatic ring is 1. The quantitative estimate of drug-likeness (QED) is 0.857. The van der Waals surface area contributed by atoms with Crippen LogP contribution in [0.25, 0.3) is 0 Å². The molecule has 0 bridgehead atoms. The highest BCUT2D eigenvalue weighted by Crippen LogP contribution is 2.32. The van der Waals surface area contributed by atoms with Crippen molar-refractivity contribution in [1.29, 1.82) is 0 Å². The number of nitrogens with two attached hydrogens (primary N) is 1. The number of hydrogen-bond acceptors (Lipinski definition) is 2. The number of anilines is 1. The van der Waals surface area contributed by atoms with E-state index in [1.807, 2.05) is 25.1 Å². The van der Waals surface area contributed by atoms with Crippen LogP contribution in [0.3, 0.4) is 0 Å². The van der Waals surface area contributed by atoms with Gasteiger partial charge in [-0.1, -0.05) is 25.3 Å². The number of rotatable bonds is 4. The summed E-state index contributed by atoms with van der Waals surface area (Å²) >= 11 is 0. The van der Waals surface area contributed by atoms with Crippen molar-refractivity contribution in [2.75, 3.05) is 12.3 Å². The van der Waals surface area contributed by atoms with Gasteiger partial charge in [-0.3, -0.25) is 4.79 Å². The molecule has 3 rings (SSSR count). The molecular weight excluding hydrogens is 260 g/mol. The fourth-order valence-corrected chi connectivity index (χ4v) is 3.37. The summed E-state index contributed by atoms with van der Waals surface area (Å²) in [6.45, 7) is 2.92. The summed E-state index contributed by atoms with van der Waals surface area (Å²) in [6.07, 6.45) is 8.92. The molecule has 0 heterocycles. The van der Waals surface area contributed by atoms with Gasteiger partial charge in [0.2, 0.25) is 0 Å². The molecule has 0 radical (unpaired) electrons. The van der Waals surface area contributed by atoms with Crippen molar-refractivity contribution in [3.05, 3.63) is 29.3 Å². The average molecular weight is 286 g/mol. The molecule has 0 aromatic heterocycles. The van der Waals surface area contributed by atoms with Crippen LogP contribution in [0, 0.1) is 12.8 Å². The number of amides is 1. The normalized spacial score (nSPS) is 19.5. The monoisotopic (exact) mass is 286 g/mol. The van der Waals surface area contributed by atoms with Gasteiger partial charge in [-0.15, -0.1) is 0 Å². The molecule has 0 atom stereocenters. The van der Waals surface area contributed by atoms with Crippen LogP contribution < -0.4 is 5.73 Å². The van der Waals surface area contributed by atoms with Gasteiger partial charge in [0.15, 0.2) is 0 Å². The smallest absolute Gasteiger partial charge is 0.254 e. The van der Waals surface area contributed by atoms with E-state index in [9.17, 15) is 4.79 Å². The van der Waals surface area contributed by atoms with Crippen LogP contribution in [-0.4, -0.2) is 23.4 Å². The number of carbonyl (C=O) groups is 1. The fourth-order valence-electron chi connectivity index (χ4n) is 3.37. The molecule has 1 aromatic rings. The summed E-state index contributed by atoms with van der Waals surface area (Å²) < 4.78 is 0. The molecule has 1 amide bonds. The second-order valence-electron chi connectivity index (χ2n) is 6.76. The highest BCUT2D eigenvalue weighted by molar-refractivity contribution is 5.95. The minimum atomic E-state index is 0.176. The molecule has 0 saturated heterocycles. The third-order valence-corrected chi connectivity index (χ3v) is 4.95. The number of carbonyl (C=O) groups excluding carboxylic acids is 1. The average Bonchev–Trinajstić information content (AvgIpc) is 3.33. The molecule has 2 aliphatic rings. The van der Waals surface area contributed by atoms with E-state index in [0.29, 0.717) is 17.6 Å². The van der Waals surface area contributed by atoms with Crippen molar-refractivity contribution in [1.82, 2.24) is 4.90 Å². The number of aryl methyl sites for hydroxylation is 1. The Morgan fingerprint density at radius 1 is 1.19 bits per heavy atom. The minimum Gasteiger partial charge on any atom is -0.398 e. The first-order valence-corrected chi connectivity index (χ1v) is 8.32. The zero-order valence-corrected chi connectivity index (χ0v) is 13.0. The summed E-state index contributed by atoms with van der Waals surface area (Å²) in [4.78, 5) is 15.0. The van der Waals surface area contributed by atoms with Crippen molar-refractivity contribution >= 4 is 11.6 Å². The van der Waals surface area contributed by atoms with Gasteiger partial charge in [0, 0.05) is 23.8 Å².